The fourth-order valence-electron chi connectivity index (χ4n) is 4.09. The number of nitrogens with zero attached hydrogens (tertiary/aromatic N) is 2. The second-order valence-corrected chi connectivity index (χ2v) is 8.25. The highest BCUT2D eigenvalue weighted by Crippen LogP contribution is 2.32. The van der Waals surface area contributed by atoms with E-state index in [4.69, 9.17) is 9.63 Å². The van der Waals surface area contributed by atoms with E-state index in [0.717, 1.165) is 17.5 Å². The molecule has 0 saturated heterocycles. The van der Waals surface area contributed by atoms with Crippen molar-refractivity contribution in [2.45, 2.75) is 19.3 Å². The molecule has 0 atom stereocenters. The number of halogens is 3. The van der Waals surface area contributed by atoms with Crippen LogP contribution in [0.3, 0.4) is 0 Å². The van der Waals surface area contributed by atoms with E-state index in [1.54, 1.807) is 41.2 Å². The summed E-state index contributed by atoms with van der Waals surface area (Å²) in [4.78, 5) is 24.3. The number of fused-ring (bicyclic) bond motifs is 3. The maximum Gasteiger partial charge on any atom is 0.416 e. The van der Waals surface area contributed by atoms with E-state index in [1.807, 2.05) is 0 Å². The number of aromatic nitrogens is 2. The van der Waals surface area contributed by atoms with Crippen LogP contribution in [0.4, 0.5) is 13.2 Å². The molecule has 10 heteroatoms. The van der Waals surface area contributed by atoms with E-state index < -0.39 is 23.6 Å². The molecule has 7 nitrogen and oxygen atoms in total. The quantitative estimate of drug-likeness (QED) is 0.327. The van der Waals surface area contributed by atoms with Crippen molar-refractivity contribution in [2.75, 3.05) is 0 Å². The van der Waals surface area contributed by atoms with Crippen molar-refractivity contribution in [3.8, 4) is 0 Å². The third-order valence-corrected chi connectivity index (χ3v) is 5.92. The lowest BCUT2D eigenvalue weighted by molar-refractivity contribution is -0.137. The maximum atomic E-state index is 13.2. The molecule has 2 N–H and O–H groups in total. The number of benzene rings is 3. The molecule has 0 bridgehead atoms. The van der Waals surface area contributed by atoms with Crippen LogP contribution in [0.15, 0.2) is 77.6 Å². The number of carboxylic acid groups (broad SMARTS) is 1. The Morgan fingerprint density at radius 1 is 0.972 bits per heavy atom. The summed E-state index contributed by atoms with van der Waals surface area (Å²) in [7, 11) is 0. The molecule has 0 unspecified atom stereocenters. The van der Waals surface area contributed by atoms with Gasteiger partial charge >= 0.3 is 12.1 Å². The first-order chi connectivity index (χ1) is 17.2. The zero-order valence-electron chi connectivity index (χ0n) is 18.5. The third-order valence-electron chi connectivity index (χ3n) is 5.92. The Bertz CT molecular complexity index is 1580. The van der Waals surface area contributed by atoms with Gasteiger partial charge in [-0.05, 0) is 47.5 Å². The van der Waals surface area contributed by atoms with E-state index >= 15 is 0 Å². The number of nitrogens with one attached hydrogen (secondary N) is 1. The summed E-state index contributed by atoms with van der Waals surface area (Å²) in [5, 5.41) is 17.1. The van der Waals surface area contributed by atoms with Gasteiger partial charge in [-0.15, -0.1) is 0 Å². The van der Waals surface area contributed by atoms with Crippen LogP contribution in [-0.2, 0) is 19.3 Å². The highest BCUT2D eigenvalue weighted by molar-refractivity contribution is 6.15. The monoisotopic (exact) mass is 493 g/mol. The average Bonchev–Trinajstić information content (AvgIpc) is 3.49. The predicted molar refractivity (Wildman–Crippen MR) is 125 cm³/mol. The minimum absolute atomic E-state index is 0.142. The Kier molecular flexibility index (Phi) is 5.71. The van der Waals surface area contributed by atoms with Crippen molar-refractivity contribution in [3.05, 3.63) is 101 Å². The summed E-state index contributed by atoms with van der Waals surface area (Å²) in [5.41, 5.74) is 2.08. The molecular weight excluding hydrogens is 475 g/mol. The van der Waals surface area contributed by atoms with E-state index in [1.165, 1.54) is 24.3 Å². The Morgan fingerprint density at radius 3 is 2.33 bits per heavy atom. The van der Waals surface area contributed by atoms with Gasteiger partial charge in [-0.25, -0.2) is 4.79 Å². The number of hydrogen-bond acceptors (Lipinski definition) is 4. The van der Waals surface area contributed by atoms with Crippen LogP contribution in [-0.4, -0.2) is 26.7 Å². The van der Waals surface area contributed by atoms with Gasteiger partial charge in [0.15, 0.2) is 5.58 Å². The standard InChI is InChI=1S/C26H18F3N3O4/c27-26(28,29)18-7-3-16(4-8-18)14-32-10-9-19-21-13-31-36-22(21)11-20(23(19)32)24(33)30-12-15-1-5-17(6-2-15)25(34)35/h1-11,13H,12,14H2,(H,30,33)(H,34,35). The van der Waals surface area contributed by atoms with Crippen LogP contribution in [0.25, 0.3) is 21.9 Å². The predicted octanol–water partition coefficient (Wildman–Crippen LogP) is 5.48. The second-order valence-electron chi connectivity index (χ2n) is 8.25. The molecule has 0 saturated carbocycles. The van der Waals surface area contributed by atoms with Crippen LogP contribution in [0.1, 0.15) is 37.4 Å². The van der Waals surface area contributed by atoms with E-state index in [2.05, 4.69) is 10.5 Å². The Labute approximate surface area is 201 Å². The minimum Gasteiger partial charge on any atom is -0.478 e. The Morgan fingerprint density at radius 2 is 1.67 bits per heavy atom. The van der Waals surface area contributed by atoms with Crippen LogP contribution in [0.5, 0.6) is 0 Å². The van der Waals surface area contributed by atoms with Crippen molar-refractivity contribution in [3.63, 3.8) is 0 Å². The molecule has 2 heterocycles. The third kappa shape index (κ3) is 4.40. The van der Waals surface area contributed by atoms with Crippen LogP contribution >= 0.6 is 0 Å². The molecule has 0 radical (unpaired) electrons. The van der Waals surface area contributed by atoms with Gasteiger partial charge in [0.1, 0.15) is 0 Å². The molecule has 5 aromatic rings. The van der Waals surface area contributed by atoms with E-state index in [-0.39, 0.29) is 18.7 Å². The van der Waals surface area contributed by atoms with Crippen LogP contribution in [0.2, 0.25) is 0 Å². The van der Waals surface area contributed by atoms with Crippen molar-refractivity contribution < 1.29 is 32.4 Å². The number of rotatable bonds is 6. The molecule has 0 fully saturated rings. The van der Waals surface area contributed by atoms with Gasteiger partial charge in [0, 0.05) is 24.7 Å². The van der Waals surface area contributed by atoms with E-state index in [9.17, 15) is 22.8 Å². The highest BCUT2D eigenvalue weighted by atomic mass is 19.4. The number of hydrogen-bond donors (Lipinski definition) is 2. The molecule has 182 valence electrons. The molecule has 2 aromatic heterocycles. The fourth-order valence-corrected chi connectivity index (χ4v) is 4.09. The minimum atomic E-state index is -4.42. The molecular formula is C26H18F3N3O4. The largest absolute Gasteiger partial charge is 0.478 e. The second kappa shape index (κ2) is 8.88. The highest BCUT2D eigenvalue weighted by Gasteiger charge is 2.30. The first-order valence-corrected chi connectivity index (χ1v) is 10.8. The summed E-state index contributed by atoms with van der Waals surface area (Å²) in [6.45, 7) is 0.406. The summed E-state index contributed by atoms with van der Waals surface area (Å²) in [5.74, 6) is -1.44. The van der Waals surface area contributed by atoms with Gasteiger partial charge in [0.05, 0.1) is 33.8 Å². The van der Waals surface area contributed by atoms with Gasteiger partial charge < -0.3 is 19.5 Å². The molecule has 3 aromatic carbocycles. The van der Waals surface area contributed by atoms with Crippen molar-refractivity contribution in [2.24, 2.45) is 0 Å². The molecule has 5 rings (SSSR count). The summed E-state index contributed by atoms with van der Waals surface area (Å²) in [6.07, 6.45) is -1.11. The number of carbonyl (C=O) groups is 2. The molecule has 36 heavy (non-hydrogen) atoms. The summed E-state index contributed by atoms with van der Waals surface area (Å²) >= 11 is 0. The van der Waals surface area contributed by atoms with Crippen molar-refractivity contribution in [1.82, 2.24) is 15.0 Å². The first kappa shape index (κ1) is 23.2. The number of alkyl halides is 3. The lowest BCUT2D eigenvalue weighted by Gasteiger charge is -2.12. The summed E-state index contributed by atoms with van der Waals surface area (Å²) < 4.78 is 45.9. The van der Waals surface area contributed by atoms with Crippen LogP contribution in [0, 0.1) is 0 Å². The zero-order valence-corrected chi connectivity index (χ0v) is 18.5. The maximum absolute atomic E-state index is 13.2. The lowest BCUT2D eigenvalue weighted by atomic mass is 10.1. The molecule has 0 spiro atoms. The molecule has 0 aliphatic rings. The van der Waals surface area contributed by atoms with Gasteiger partial charge in [-0.1, -0.05) is 29.4 Å². The average molecular weight is 493 g/mol. The van der Waals surface area contributed by atoms with Gasteiger partial charge in [0.25, 0.3) is 5.91 Å². The SMILES string of the molecule is O=C(O)c1ccc(CNC(=O)c2cc3oncc3c3ccn(Cc4ccc(C(F)(F)F)cc4)c23)cc1. The zero-order chi connectivity index (χ0) is 25.4. The van der Waals surface area contributed by atoms with Gasteiger partial charge in [-0.2, -0.15) is 13.2 Å². The topological polar surface area (TPSA) is 97.4 Å². The normalized spacial score (nSPS) is 11.8. The van der Waals surface area contributed by atoms with Crippen LogP contribution < -0.4 is 5.32 Å². The smallest absolute Gasteiger partial charge is 0.416 e. The number of carbonyl (C=O) groups excluding carboxylic acids is 1. The molecule has 1 amide bonds. The summed E-state index contributed by atoms with van der Waals surface area (Å²) in [6, 6.07) is 14.4. The molecule has 0 aliphatic carbocycles. The first-order valence-electron chi connectivity index (χ1n) is 10.8. The van der Waals surface area contributed by atoms with Gasteiger partial charge in [0.2, 0.25) is 0 Å². The van der Waals surface area contributed by atoms with Crippen molar-refractivity contribution in [1.29, 1.82) is 0 Å². The van der Waals surface area contributed by atoms with Crippen molar-refractivity contribution >= 4 is 33.7 Å². The number of aromatic carboxylic acids is 1. The van der Waals surface area contributed by atoms with Gasteiger partial charge in [-0.3, -0.25) is 4.79 Å². The fraction of sp³-hybridized carbons (Fsp3) is 0.115. The Hall–Kier alpha value is -4.60. The molecule has 0 aliphatic heterocycles. The van der Waals surface area contributed by atoms with E-state index in [0.29, 0.717) is 33.2 Å². The number of amides is 1. The number of carboxylic acids is 1. The Balaban J connectivity index is 1.46. The lowest BCUT2D eigenvalue weighted by Crippen LogP contribution is -2.23.